The Hall–Kier alpha value is -3.10. The number of oxazole rings is 1. The molecule has 0 radical (unpaired) electrons. The average Bonchev–Trinajstić information content (AvgIpc) is 3.20. The summed E-state index contributed by atoms with van der Waals surface area (Å²) in [6, 6.07) is 15.1. The van der Waals surface area contributed by atoms with Crippen LogP contribution in [0.15, 0.2) is 62.9 Å². The Morgan fingerprint density at radius 1 is 1.09 bits per heavy atom. The molecule has 0 amide bonds. The summed E-state index contributed by atoms with van der Waals surface area (Å²) in [5, 5.41) is 1.29. The van der Waals surface area contributed by atoms with Gasteiger partial charge in [0.25, 0.3) is 5.56 Å². The van der Waals surface area contributed by atoms with Gasteiger partial charge < -0.3 is 13.9 Å². The highest BCUT2D eigenvalue weighted by molar-refractivity contribution is 7.98. The van der Waals surface area contributed by atoms with Crippen molar-refractivity contribution >= 4 is 22.7 Å². The predicted octanol–water partition coefficient (Wildman–Crippen LogP) is 5.09. The lowest BCUT2D eigenvalue weighted by atomic mass is 10.2. The predicted molar refractivity (Wildman–Crippen MR) is 130 cm³/mol. The number of fused-ring (bicyclic) bond motifs is 1. The van der Waals surface area contributed by atoms with Gasteiger partial charge in [0.15, 0.2) is 5.16 Å². The summed E-state index contributed by atoms with van der Waals surface area (Å²) in [6.45, 7) is 5.61. The van der Waals surface area contributed by atoms with Crippen LogP contribution in [0, 0.1) is 6.92 Å². The van der Waals surface area contributed by atoms with Crippen LogP contribution in [0.1, 0.15) is 24.8 Å². The number of aromatic nitrogens is 3. The van der Waals surface area contributed by atoms with Gasteiger partial charge in [0, 0.05) is 31.6 Å². The zero-order valence-electron chi connectivity index (χ0n) is 19.0. The smallest absolute Gasteiger partial charge is 0.262 e. The number of methoxy groups -OCH3 is 1. The van der Waals surface area contributed by atoms with Crippen molar-refractivity contribution in [3.8, 4) is 17.2 Å². The van der Waals surface area contributed by atoms with Crippen molar-refractivity contribution in [2.45, 2.75) is 37.7 Å². The van der Waals surface area contributed by atoms with Gasteiger partial charge >= 0.3 is 0 Å². The van der Waals surface area contributed by atoms with Gasteiger partial charge in [0.2, 0.25) is 5.89 Å². The second-order valence-electron chi connectivity index (χ2n) is 7.48. The Labute approximate surface area is 196 Å². The second kappa shape index (κ2) is 10.7. The van der Waals surface area contributed by atoms with E-state index in [-0.39, 0.29) is 5.56 Å². The van der Waals surface area contributed by atoms with Crippen molar-refractivity contribution in [1.29, 1.82) is 0 Å². The number of ether oxygens (including phenoxy) is 2. The summed E-state index contributed by atoms with van der Waals surface area (Å²) < 4.78 is 18.3. The van der Waals surface area contributed by atoms with Crippen molar-refractivity contribution in [3.63, 3.8) is 0 Å². The normalized spacial score (nSPS) is 11.2. The van der Waals surface area contributed by atoms with Gasteiger partial charge in [-0.05, 0) is 56.7 Å². The lowest BCUT2D eigenvalue weighted by molar-refractivity contribution is 0.189. The van der Waals surface area contributed by atoms with Gasteiger partial charge in [0.1, 0.15) is 11.5 Å². The third-order valence-corrected chi connectivity index (χ3v) is 6.19. The first-order valence-electron chi connectivity index (χ1n) is 10.9. The molecule has 2 heterocycles. The highest BCUT2D eigenvalue weighted by atomic mass is 32.2. The molecule has 0 bridgehead atoms. The fraction of sp³-hybridized carbons (Fsp3) is 0.320. The molecule has 172 valence electrons. The van der Waals surface area contributed by atoms with Gasteiger partial charge in [-0.3, -0.25) is 9.36 Å². The van der Waals surface area contributed by atoms with Gasteiger partial charge in [0.05, 0.1) is 23.2 Å². The quantitative estimate of drug-likeness (QED) is 0.183. The Balaban J connectivity index is 1.58. The van der Waals surface area contributed by atoms with E-state index < -0.39 is 0 Å². The molecule has 0 aliphatic carbocycles. The highest BCUT2D eigenvalue weighted by Crippen LogP contribution is 2.28. The first-order valence-corrected chi connectivity index (χ1v) is 11.9. The molecule has 2 aromatic carbocycles. The highest BCUT2D eigenvalue weighted by Gasteiger charge is 2.16. The zero-order valence-corrected chi connectivity index (χ0v) is 19.9. The third-order valence-electron chi connectivity index (χ3n) is 5.20. The Bertz CT molecular complexity index is 1280. The molecule has 4 rings (SSSR count). The molecule has 2 aromatic heterocycles. The molecule has 0 spiro atoms. The van der Waals surface area contributed by atoms with Crippen LogP contribution in [-0.4, -0.2) is 34.9 Å². The number of rotatable bonds is 10. The molecule has 0 aliphatic rings. The van der Waals surface area contributed by atoms with Crippen LogP contribution in [0.2, 0.25) is 0 Å². The van der Waals surface area contributed by atoms with E-state index in [9.17, 15) is 4.79 Å². The summed E-state index contributed by atoms with van der Waals surface area (Å²) in [5.74, 6) is 2.67. The number of nitrogens with zero attached hydrogens (tertiary/aromatic N) is 3. The molecule has 0 aliphatic heterocycles. The Morgan fingerprint density at radius 3 is 2.64 bits per heavy atom. The first kappa shape index (κ1) is 23.1. The van der Waals surface area contributed by atoms with E-state index in [4.69, 9.17) is 23.9 Å². The number of para-hydroxylation sites is 1. The maximum Gasteiger partial charge on any atom is 0.262 e. The molecule has 0 unspecified atom stereocenters. The van der Waals surface area contributed by atoms with Crippen LogP contribution in [0.25, 0.3) is 22.4 Å². The van der Waals surface area contributed by atoms with E-state index in [1.165, 1.54) is 11.8 Å². The second-order valence-corrected chi connectivity index (χ2v) is 8.43. The van der Waals surface area contributed by atoms with Crippen molar-refractivity contribution in [2.75, 3.05) is 20.3 Å². The van der Waals surface area contributed by atoms with Crippen LogP contribution >= 0.6 is 11.8 Å². The maximum atomic E-state index is 13.1. The summed E-state index contributed by atoms with van der Waals surface area (Å²) in [5.41, 5.74) is 2.37. The molecule has 0 atom stereocenters. The van der Waals surface area contributed by atoms with Crippen molar-refractivity contribution in [3.05, 3.63) is 70.3 Å². The Morgan fingerprint density at radius 2 is 1.88 bits per heavy atom. The summed E-state index contributed by atoms with van der Waals surface area (Å²) in [7, 11) is 1.66. The van der Waals surface area contributed by atoms with E-state index in [0.29, 0.717) is 47.5 Å². The van der Waals surface area contributed by atoms with Crippen molar-refractivity contribution < 1.29 is 13.9 Å². The molecule has 7 nitrogen and oxygen atoms in total. The molecule has 8 heteroatoms. The minimum absolute atomic E-state index is 0.0360. The van der Waals surface area contributed by atoms with E-state index in [1.807, 2.05) is 62.4 Å². The van der Waals surface area contributed by atoms with Crippen LogP contribution in [-0.2, 0) is 17.0 Å². The molecule has 0 N–H and O–H groups in total. The number of hydrogen-bond donors (Lipinski definition) is 0. The summed E-state index contributed by atoms with van der Waals surface area (Å²) in [6.07, 6.45) is 0.731. The SMILES string of the molecule is CCOc1ccc(-c2nc(CSc3nc4ccccc4c(=O)n3CCCOC)c(C)o2)cc1. The minimum Gasteiger partial charge on any atom is -0.494 e. The largest absolute Gasteiger partial charge is 0.494 e. The van der Waals surface area contributed by atoms with E-state index in [0.717, 1.165) is 29.2 Å². The summed E-state index contributed by atoms with van der Waals surface area (Å²) >= 11 is 1.49. The van der Waals surface area contributed by atoms with Crippen LogP contribution in [0.5, 0.6) is 5.75 Å². The number of aryl methyl sites for hydroxylation is 1. The monoisotopic (exact) mass is 465 g/mol. The average molecular weight is 466 g/mol. The first-order chi connectivity index (χ1) is 16.1. The molecular weight excluding hydrogens is 438 g/mol. The summed E-state index contributed by atoms with van der Waals surface area (Å²) in [4.78, 5) is 22.6. The van der Waals surface area contributed by atoms with Crippen LogP contribution in [0.3, 0.4) is 0 Å². The van der Waals surface area contributed by atoms with E-state index >= 15 is 0 Å². The van der Waals surface area contributed by atoms with Gasteiger partial charge in [-0.15, -0.1) is 0 Å². The van der Waals surface area contributed by atoms with Crippen LogP contribution < -0.4 is 10.3 Å². The molecular formula is C25H27N3O4S. The van der Waals surface area contributed by atoms with Gasteiger partial charge in [-0.2, -0.15) is 0 Å². The topological polar surface area (TPSA) is 79.4 Å². The third kappa shape index (κ3) is 5.29. The van der Waals surface area contributed by atoms with E-state index in [2.05, 4.69) is 0 Å². The van der Waals surface area contributed by atoms with Crippen LogP contribution in [0.4, 0.5) is 0 Å². The molecule has 0 saturated carbocycles. The molecule has 4 aromatic rings. The van der Waals surface area contributed by atoms with Crippen molar-refractivity contribution in [2.24, 2.45) is 0 Å². The van der Waals surface area contributed by atoms with Crippen molar-refractivity contribution in [1.82, 2.24) is 14.5 Å². The fourth-order valence-electron chi connectivity index (χ4n) is 3.50. The molecule has 0 fully saturated rings. The van der Waals surface area contributed by atoms with Gasteiger partial charge in [-0.25, -0.2) is 9.97 Å². The lowest BCUT2D eigenvalue weighted by Gasteiger charge is -2.12. The minimum atomic E-state index is -0.0360. The molecule has 33 heavy (non-hydrogen) atoms. The number of benzene rings is 2. The maximum absolute atomic E-state index is 13.1. The zero-order chi connectivity index (χ0) is 23.2. The lowest BCUT2D eigenvalue weighted by Crippen LogP contribution is -2.24. The number of hydrogen-bond acceptors (Lipinski definition) is 7. The fourth-order valence-corrected chi connectivity index (χ4v) is 4.53. The Kier molecular flexibility index (Phi) is 7.47. The number of thioether (sulfide) groups is 1. The van der Waals surface area contributed by atoms with Gasteiger partial charge in [-0.1, -0.05) is 23.9 Å². The van der Waals surface area contributed by atoms with E-state index in [1.54, 1.807) is 11.7 Å². The standard InChI is InChI=1S/C25H27N3O4S/c1-4-31-19-12-10-18(11-13-19)23-26-22(17(2)32-23)16-33-25-27-21-9-6-5-8-20(21)24(29)28(25)14-7-15-30-3/h5-6,8-13H,4,7,14-16H2,1-3H3. The molecule has 0 saturated heterocycles.